The molecule has 3 rings (SSSR count). The lowest BCUT2D eigenvalue weighted by molar-refractivity contribution is 0.340. The Morgan fingerprint density at radius 1 is 1.11 bits per heavy atom. The Morgan fingerprint density at radius 3 is 2.50 bits per heavy atom. The maximum atomic E-state index is 12.7. The maximum Gasteiger partial charge on any atom is 0.241 e. The van der Waals surface area contributed by atoms with Crippen molar-refractivity contribution in [1.29, 1.82) is 0 Å². The first kappa shape index (κ1) is 21.1. The Labute approximate surface area is 170 Å². The van der Waals surface area contributed by atoms with Crippen LogP contribution in [-0.2, 0) is 26.3 Å². The number of halogens is 1. The number of nitrogens with one attached hydrogen (secondary N) is 1. The predicted octanol–water partition coefficient (Wildman–Crippen LogP) is 3.12. The number of aryl methyl sites for hydroxylation is 1. The van der Waals surface area contributed by atoms with Crippen LogP contribution in [0.2, 0.25) is 5.02 Å². The van der Waals surface area contributed by atoms with Crippen LogP contribution in [0.5, 0.6) is 5.75 Å². The van der Waals surface area contributed by atoms with E-state index in [-0.39, 0.29) is 29.0 Å². The first-order valence-corrected chi connectivity index (χ1v) is 12.6. The number of sulfone groups is 1. The van der Waals surface area contributed by atoms with Crippen molar-refractivity contribution in [2.75, 3.05) is 18.1 Å². The number of rotatable bonds is 8. The summed E-state index contributed by atoms with van der Waals surface area (Å²) in [4.78, 5) is 0.128. The van der Waals surface area contributed by atoms with Crippen molar-refractivity contribution >= 4 is 31.5 Å². The number of sulfonamides is 1. The van der Waals surface area contributed by atoms with E-state index in [1.54, 1.807) is 13.0 Å². The molecule has 6 nitrogen and oxygen atoms in total. The third-order valence-electron chi connectivity index (χ3n) is 4.72. The van der Waals surface area contributed by atoms with Crippen molar-refractivity contribution in [1.82, 2.24) is 4.72 Å². The zero-order valence-electron chi connectivity index (χ0n) is 15.4. The summed E-state index contributed by atoms with van der Waals surface area (Å²) in [6.45, 7) is 1.61. The maximum absolute atomic E-state index is 12.7. The summed E-state index contributed by atoms with van der Waals surface area (Å²) in [5.41, 5.74) is 2.01. The van der Waals surface area contributed by atoms with Gasteiger partial charge in [-0.2, -0.15) is 0 Å². The highest BCUT2D eigenvalue weighted by Gasteiger charge is 2.27. The first-order chi connectivity index (χ1) is 13.2. The van der Waals surface area contributed by atoms with Crippen molar-refractivity contribution < 1.29 is 21.6 Å². The molecule has 0 aliphatic heterocycles. The zero-order valence-corrected chi connectivity index (χ0v) is 17.8. The van der Waals surface area contributed by atoms with E-state index < -0.39 is 19.9 Å². The highest BCUT2D eigenvalue weighted by Crippen LogP contribution is 2.34. The molecule has 1 atom stereocenters. The molecule has 0 spiro atoms. The first-order valence-electron chi connectivity index (χ1n) is 8.94. The van der Waals surface area contributed by atoms with Crippen LogP contribution in [0.4, 0.5) is 0 Å². The van der Waals surface area contributed by atoms with Gasteiger partial charge in [-0.15, -0.1) is 0 Å². The standard InChI is InChI=1S/C19H22ClNO5S2/c1-2-27(22,23)12-11-26-16-5-7-17(8-6-16)28(24,25)21-19-10-3-14-13-15(20)4-9-18(14)19/h4-9,13,19,21H,2-3,10-12H2,1H3. The highest BCUT2D eigenvalue weighted by atomic mass is 35.5. The topological polar surface area (TPSA) is 89.5 Å². The van der Waals surface area contributed by atoms with Gasteiger partial charge in [0.25, 0.3) is 0 Å². The summed E-state index contributed by atoms with van der Waals surface area (Å²) in [7, 11) is -6.80. The van der Waals surface area contributed by atoms with Crippen LogP contribution in [0, 0.1) is 0 Å². The largest absolute Gasteiger partial charge is 0.493 e. The summed E-state index contributed by atoms with van der Waals surface area (Å²) in [5.74, 6) is 0.414. The Bertz CT molecular complexity index is 1050. The van der Waals surface area contributed by atoms with Crippen molar-refractivity contribution in [2.45, 2.75) is 30.7 Å². The Morgan fingerprint density at radius 2 is 1.82 bits per heavy atom. The minimum atomic E-state index is -3.70. The molecule has 0 fully saturated rings. The molecule has 152 valence electrons. The molecule has 28 heavy (non-hydrogen) atoms. The molecule has 0 radical (unpaired) electrons. The van der Waals surface area contributed by atoms with Gasteiger partial charge in [-0.05, 0) is 60.4 Å². The number of hydrogen-bond donors (Lipinski definition) is 1. The van der Waals surface area contributed by atoms with Crippen LogP contribution in [0.15, 0.2) is 47.4 Å². The Kier molecular flexibility index (Phi) is 6.34. The van der Waals surface area contributed by atoms with Crippen LogP contribution in [0.3, 0.4) is 0 Å². The van der Waals surface area contributed by atoms with Crippen LogP contribution in [0.25, 0.3) is 0 Å². The molecule has 0 saturated heterocycles. The SMILES string of the molecule is CCS(=O)(=O)CCOc1ccc(S(=O)(=O)NC2CCc3cc(Cl)ccc32)cc1. The van der Waals surface area contributed by atoms with Gasteiger partial charge in [0.2, 0.25) is 10.0 Å². The quantitative estimate of drug-likeness (QED) is 0.677. The molecule has 1 unspecified atom stereocenters. The summed E-state index contributed by atoms with van der Waals surface area (Å²) in [6, 6.07) is 11.2. The normalized spacial score (nSPS) is 16.7. The van der Waals surface area contributed by atoms with Gasteiger partial charge in [-0.3, -0.25) is 0 Å². The second-order valence-corrected chi connectivity index (χ2v) is 11.2. The van der Waals surface area contributed by atoms with Crippen LogP contribution in [-0.4, -0.2) is 34.9 Å². The third-order valence-corrected chi connectivity index (χ3v) is 8.11. The molecule has 1 N–H and O–H groups in total. The van der Waals surface area contributed by atoms with Crippen LogP contribution >= 0.6 is 11.6 Å². The van der Waals surface area contributed by atoms with E-state index in [4.69, 9.17) is 16.3 Å². The summed E-state index contributed by atoms with van der Waals surface area (Å²) in [5, 5.41) is 0.643. The molecule has 2 aromatic rings. The van der Waals surface area contributed by atoms with Crippen molar-refractivity contribution in [3.63, 3.8) is 0 Å². The molecular weight excluding hydrogens is 422 g/mol. The molecule has 0 bridgehead atoms. The minimum absolute atomic E-state index is 0.0297. The average molecular weight is 444 g/mol. The minimum Gasteiger partial charge on any atom is -0.493 e. The van der Waals surface area contributed by atoms with Gasteiger partial charge < -0.3 is 4.74 Å². The Balaban J connectivity index is 1.65. The molecule has 1 aliphatic rings. The van der Waals surface area contributed by atoms with Crippen molar-refractivity contribution in [3.05, 3.63) is 58.6 Å². The lowest BCUT2D eigenvalue weighted by Crippen LogP contribution is -2.27. The van der Waals surface area contributed by atoms with Gasteiger partial charge in [-0.1, -0.05) is 24.6 Å². The monoisotopic (exact) mass is 443 g/mol. The van der Waals surface area contributed by atoms with E-state index in [0.717, 1.165) is 17.5 Å². The van der Waals surface area contributed by atoms with E-state index in [2.05, 4.69) is 4.72 Å². The molecule has 0 amide bonds. The summed E-state index contributed by atoms with van der Waals surface area (Å²) in [6.07, 6.45) is 1.46. The zero-order chi connectivity index (χ0) is 20.4. The second-order valence-electron chi connectivity index (χ2n) is 6.61. The number of fused-ring (bicyclic) bond motifs is 1. The summed E-state index contributed by atoms with van der Waals surface area (Å²) < 4.78 is 56.5. The fraction of sp³-hybridized carbons (Fsp3) is 0.368. The molecule has 9 heteroatoms. The van der Waals surface area contributed by atoms with Gasteiger partial charge in [0, 0.05) is 16.8 Å². The molecule has 0 aromatic heterocycles. The molecular formula is C19H22ClNO5S2. The lowest BCUT2D eigenvalue weighted by Gasteiger charge is -2.15. The van der Waals surface area contributed by atoms with E-state index >= 15 is 0 Å². The van der Waals surface area contributed by atoms with E-state index in [1.165, 1.54) is 24.3 Å². The van der Waals surface area contributed by atoms with Gasteiger partial charge in [-0.25, -0.2) is 21.6 Å². The lowest BCUT2D eigenvalue weighted by atomic mass is 10.1. The molecule has 1 aliphatic carbocycles. The van der Waals surface area contributed by atoms with Crippen LogP contribution < -0.4 is 9.46 Å². The number of ether oxygens (including phenoxy) is 1. The van der Waals surface area contributed by atoms with Crippen molar-refractivity contribution in [2.24, 2.45) is 0 Å². The predicted molar refractivity (Wildman–Crippen MR) is 109 cm³/mol. The van der Waals surface area contributed by atoms with Crippen LogP contribution in [0.1, 0.15) is 30.5 Å². The number of hydrogen-bond acceptors (Lipinski definition) is 5. The average Bonchev–Trinajstić information content (AvgIpc) is 3.03. The van der Waals surface area contributed by atoms with Gasteiger partial charge in [0.05, 0.1) is 10.6 Å². The highest BCUT2D eigenvalue weighted by molar-refractivity contribution is 7.91. The molecule has 0 heterocycles. The summed E-state index contributed by atoms with van der Waals surface area (Å²) >= 11 is 6.00. The smallest absolute Gasteiger partial charge is 0.241 e. The van der Waals surface area contributed by atoms with E-state index in [9.17, 15) is 16.8 Å². The molecule has 2 aromatic carbocycles. The second kappa shape index (κ2) is 8.41. The van der Waals surface area contributed by atoms with Crippen molar-refractivity contribution in [3.8, 4) is 5.75 Å². The molecule has 0 saturated carbocycles. The van der Waals surface area contributed by atoms with E-state index in [0.29, 0.717) is 17.2 Å². The Hall–Kier alpha value is -1.61. The fourth-order valence-corrected chi connectivity index (χ4v) is 5.18. The van der Waals surface area contributed by atoms with Gasteiger partial charge in [0.1, 0.15) is 12.4 Å². The van der Waals surface area contributed by atoms with Gasteiger partial charge in [0.15, 0.2) is 9.84 Å². The number of benzene rings is 2. The van der Waals surface area contributed by atoms with Gasteiger partial charge >= 0.3 is 0 Å². The third kappa shape index (κ3) is 5.05. The fourth-order valence-electron chi connectivity index (χ4n) is 3.11. The van der Waals surface area contributed by atoms with E-state index in [1.807, 2.05) is 12.1 Å².